The van der Waals surface area contributed by atoms with Crippen LogP contribution in [-0.4, -0.2) is 47.3 Å². The molecular formula is C22H31FN4O. The summed E-state index contributed by atoms with van der Waals surface area (Å²) >= 11 is 0. The third kappa shape index (κ3) is 4.54. The van der Waals surface area contributed by atoms with Gasteiger partial charge in [-0.2, -0.15) is 4.98 Å². The first-order valence-electron chi connectivity index (χ1n) is 10.7. The predicted octanol–water partition coefficient (Wildman–Crippen LogP) is 4.26. The van der Waals surface area contributed by atoms with Crippen LogP contribution in [-0.2, 0) is 6.42 Å². The number of anilines is 1. The van der Waals surface area contributed by atoms with Crippen LogP contribution in [0.3, 0.4) is 0 Å². The molecule has 0 saturated carbocycles. The molecule has 1 aromatic carbocycles. The minimum Gasteiger partial charge on any atom is -0.371 e. The fourth-order valence-electron chi connectivity index (χ4n) is 4.56. The molecule has 0 radical (unpaired) electrons. The van der Waals surface area contributed by atoms with E-state index in [9.17, 15) is 4.39 Å². The molecule has 1 atom stereocenters. The lowest BCUT2D eigenvalue weighted by Gasteiger charge is -2.42. The zero-order chi connectivity index (χ0) is 19.5. The molecule has 0 spiro atoms. The second-order valence-corrected chi connectivity index (χ2v) is 8.68. The maximum atomic E-state index is 13.2. The zero-order valence-corrected chi connectivity index (χ0v) is 17.0. The lowest BCUT2D eigenvalue weighted by molar-refractivity contribution is 0.118. The lowest BCUT2D eigenvalue weighted by Crippen LogP contribution is -2.48. The highest BCUT2D eigenvalue weighted by atomic mass is 19.1. The van der Waals surface area contributed by atoms with Gasteiger partial charge in [0.15, 0.2) is 5.82 Å². The molecule has 0 bridgehead atoms. The Morgan fingerprint density at radius 2 is 1.86 bits per heavy atom. The van der Waals surface area contributed by atoms with Crippen LogP contribution in [0.5, 0.6) is 0 Å². The molecule has 0 amide bonds. The van der Waals surface area contributed by atoms with E-state index >= 15 is 0 Å². The Balaban J connectivity index is 1.32. The third-order valence-electron chi connectivity index (χ3n) is 6.05. The normalized spacial score (nSPS) is 22.1. The first kappa shape index (κ1) is 19.4. The molecule has 0 aliphatic carbocycles. The van der Waals surface area contributed by atoms with Gasteiger partial charge in [-0.25, -0.2) is 4.39 Å². The fraction of sp³-hybridized carbons (Fsp3) is 0.636. The molecule has 1 unspecified atom stereocenters. The number of piperidine rings is 2. The van der Waals surface area contributed by atoms with Gasteiger partial charge in [-0.05, 0) is 62.4 Å². The molecule has 6 heteroatoms. The van der Waals surface area contributed by atoms with E-state index in [0.717, 1.165) is 69.3 Å². The molecule has 0 N–H and O–H groups in total. The Bertz CT molecular complexity index is 752. The van der Waals surface area contributed by atoms with E-state index in [2.05, 4.69) is 33.8 Å². The van der Waals surface area contributed by atoms with E-state index in [4.69, 9.17) is 4.52 Å². The van der Waals surface area contributed by atoms with Crippen LogP contribution in [0.15, 0.2) is 28.8 Å². The van der Waals surface area contributed by atoms with Crippen molar-refractivity contribution in [3.8, 4) is 0 Å². The molecular weight excluding hydrogens is 355 g/mol. The quantitative estimate of drug-likeness (QED) is 0.768. The van der Waals surface area contributed by atoms with Crippen molar-refractivity contribution < 1.29 is 8.91 Å². The lowest BCUT2D eigenvalue weighted by atomic mass is 9.93. The third-order valence-corrected chi connectivity index (χ3v) is 6.05. The van der Waals surface area contributed by atoms with Crippen LogP contribution in [0.1, 0.15) is 57.2 Å². The number of hydrogen-bond donors (Lipinski definition) is 0. The van der Waals surface area contributed by atoms with Gasteiger partial charge in [0.2, 0.25) is 5.89 Å². The van der Waals surface area contributed by atoms with Crippen LogP contribution in [0.4, 0.5) is 10.1 Å². The molecule has 2 aliphatic rings. The minimum absolute atomic E-state index is 0.171. The molecule has 4 rings (SSSR count). The maximum absolute atomic E-state index is 13.2. The average Bonchev–Trinajstić information content (AvgIpc) is 3.17. The highest BCUT2D eigenvalue weighted by Crippen LogP contribution is 2.30. The molecule has 3 heterocycles. The summed E-state index contributed by atoms with van der Waals surface area (Å²) in [6.45, 7) is 8.58. The zero-order valence-electron chi connectivity index (χ0n) is 17.0. The standard InChI is InChI=1S/C22H31FN4O/c1-16(2)14-21-24-22(28-25-21)17-4-3-11-27(15-17)20-9-12-26(13-10-20)19-7-5-18(23)6-8-19/h5-8,16-17,20H,3-4,9-15H2,1-2H3. The van der Waals surface area contributed by atoms with Gasteiger partial charge in [-0.15, -0.1) is 0 Å². The fourth-order valence-corrected chi connectivity index (χ4v) is 4.56. The van der Waals surface area contributed by atoms with Gasteiger partial charge in [0, 0.05) is 37.8 Å². The van der Waals surface area contributed by atoms with Crippen LogP contribution in [0.25, 0.3) is 0 Å². The van der Waals surface area contributed by atoms with Crippen LogP contribution in [0.2, 0.25) is 0 Å². The number of aromatic nitrogens is 2. The molecule has 2 fully saturated rings. The SMILES string of the molecule is CC(C)Cc1noc(C2CCCN(C3CCN(c4ccc(F)cc4)CC3)C2)n1. The van der Waals surface area contributed by atoms with Gasteiger partial charge in [-0.1, -0.05) is 19.0 Å². The second kappa shape index (κ2) is 8.60. The van der Waals surface area contributed by atoms with E-state index < -0.39 is 0 Å². The van der Waals surface area contributed by atoms with Crippen molar-refractivity contribution in [3.63, 3.8) is 0 Å². The summed E-state index contributed by atoms with van der Waals surface area (Å²) in [6.07, 6.45) is 5.49. The van der Waals surface area contributed by atoms with E-state index in [1.165, 1.54) is 6.42 Å². The number of rotatable bonds is 5. The van der Waals surface area contributed by atoms with Crippen molar-refractivity contribution in [1.82, 2.24) is 15.0 Å². The topological polar surface area (TPSA) is 45.4 Å². The van der Waals surface area contributed by atoms with Crippen LogP contribution >= 0.6 is 0 Å². The largest absolute Gasteiger partial charge is 0.371 e. The average molecular weight is 387 g/mol. The molecule has 152 valence electrons. The van der Waals surface area contributed by atoms with E-state index in [0.29, 0.717) is 17.9 Å². The maximum Gasteiger partial charge on any atom is 0.231 e. The number of halogens is 1. The smallest absolute Gasteiger partial charge is 0.231 e. The monoisotopic (exact) mass is 386 g/mol. The van der Waals surface area contributed by atoms with Crippen LogP contribution < -0.4 is 4.90 Å². The Morgan fingerprint density at radius 3 is 2.57 bits per heavy atom. The Labute approximate surface area is 166 Å². The van der Waals surface area contributed by atoms with Gasteiger partial charge >= 0.3 is 0 Å². The highest BCUT2D eigenvalue weighted by Gasteiger charge is 2.31. The van der Waals surface area contributed by atoms with Gasteiger partial charge < -0.3 is 9.42 Å². The summed E-state index contributed by atoms with van der Waals surface area (Å²) in [7, 11) is 0. The minimum atomic E-state index is -0.171. The van der Waals surface area contributed by atoms with E-state index in [1.807, 2.05) is 12.1 Å². The van der Waals surface area contributed by atoms with Crippen LogP contribution in [0, 0.1) is 11.7 Å². The molecule has 2 aromatic rings. The number of hydrogen-bond acceptors (Lipinski definition) is 5. The Morgan fingerprint density at radius 1 is 1.11 bits per heavy atom. The number of benzene rings is 1. The second-order valence-electron chi connectivity index (χ2n) is 8.68. The summed E-state index contributed by atoms with van der Waals surface area (Å²) in [5, 5.41) is 4.18. The van der Waals surface area contributed by atoms with Crippen molar-refractivity contribution in [3.05, 3.63) is 41.8 Å². The molecule has 1 aromatic heterocycles. The number of nitrogens with zero attached hydrogens (tertiary/aromatic N) is 4. The first-order valence-corrected chi connectivity index (χ1v) is 10.7. The Hall–Kier alpha value is -1.95. The summed E-state index contributed by atoms with van der Waals surface area (Å²) in [5.74, 6) is 2.39. The predicted molar refractivity (Wildman–Crippen MR) is 108 cm³/mol. The first-order chi connectivity index (χ1) is 13.6. The van der Waals surface area contributed by atoms with Gasteiger partial charge in [0.05, 0.1) is 5.92 Å². The molecule has 2 aliphatic heterocycles. The van der Waals surface area contributed by atoms with Crippen molar-refractivity contribution >= 4 is 5.69 Å². The summed E-state index contributed by atoms with van der Waals surface area (Å²) in [5.41, 5.74) is 1.12. The van der Waals surface area contributed by atoms with E-state index in [-0.39, 0.29) is 5.82 Å². The van der Waals surface area contributed by atoms with Crippen molar-refractivity contribution in [1.29, 1.82) is 0 Å². The summed E-state index contributed by atoms with van der Waals surface area (Å²) in [6, 6.07) is 7.48. The van der Waals surface area contributed by atoms with Gasteiger partial charge in [-0.3, -0.25) is 4.90 Å². The molecule has 5 nitrogen and oxygen atoms in total. The Kier molecular flexibility index (Phi) is 5.95. The van der Waals surface area contributed by atoms with Crippen molar-refractivity contribution in [2.75, 3.05) is 31.1 Å². The number of likely N-dealkylation sites (tertiary alicyclic amines) is 1. The van der Waals surface area contributed by atoms with E-state index in [1.54, 1.807) is 12.1 Å². The van der Waals surface area contributed by atoms with Crippen molar-refractivity contribution in [2.45, 2.75) is 57.9 Å². The van der Waals surface area contributed by atoms with Gasteiger partial charge in [0.1, 0.15) is 5.82 Å². The van der Waals surface area contributed by atoms with Crippen molar-refractivity contribution in [2.24, 2.45) is 5.92 Å². The molecule has 2 saturated heterocycles. The summed E-state index contributed by atoms with van der Waals surface area (Å²) < 4.78 is 18.8. The molecule has 28 heavy (non-hydrogen) atoms. The summed E-state index contributed by atoms with van der Waals surface area (Å²) in [4.78, 5) is 9.67. The van der Waals surface area contributed by atoms with Gasteiger partial charge in [0.25, 0.3) is 0 Å². The highest BCUT2D eigenvalue weighted by molar-refractivity contribution is 5.46.